The summed E-state index contributed by atoms with van der Waals surface area (Å²) in [6.45, 7) is 2.13. The van der Waals surface area contributed by atoms with Crippen molar-refractivity contribution in [2.24, 2.45) is 0 Å². The Bertz CT molecular complexity index is 1230. The van der Waals surface area contributed by atoms with E-state index in [1.165, 1.54) is 0 Å². The summed E-state index contributed by atoms with van der Waals surface area (Å²) in [5, 5.41) is 25.6. The maximum absolute atomic E-state index is 11.1. The van der Waals surface area contributed by atoms with Crippen molar-refractivity contribution in [3.63, 3.8) is 0 Å². The van der Waals surface area contributed by atoms with E-state index >= 15 is 0 Å². The van der Waals surface area contributed by atoms with Crippen LogP contribution in [0.15, 0.2) is 60.7 Å². The summed E-state index contributed by atoms with van der Waals surface area (Å²) in [4.78, 5) is 0. The largest absolute Gasteiger partial charge is 0.507 e. The van der Waals surface area contributed by atoms with E-state index < -0.39 is 0 Å². The fourth-order valence-corrected chi connectivity index (χ4v) is 4.65. The Morgan fingerprint density at radius 2 is 1.55 bits per heavy atom. The van der Waals surface area contributed by atoms with E-state index in [4.69, 9.17) is 4.74 Å². The molecule has 0 bridgehead atoms. The van der Waals surface area contributed by atoms with Crippen LogP contribution in [0, 0.1) is 0 Å². The predicted octanol–water partition coefficient (Wildman–Crippen LogP) is 6.42. The fourth-order valence-electron chi connectivity index (χ4n) is 4.65. The molecule has 1 aliphatic rings. The molecule has 0 amide bonds. The molecule has 29 heavy (non-hydrogen) atoms. The van der Waals surface area contributed by atoms with Crippen LogP contribution in [-0.4, -0.2) is 10.2 Å². The molecule has 2 N–H and O–H groups in total. The summed E-state index contributed by atoms with van der Waals surface area (Å²) in [5.74, 6) is 1.39. The molecule has 0 aromatic heterocycles. The highest BCUT2D eigenvalue weighted by Crippen LogP contribution is 2.48. The normalized spacial score (nSPS) is 16.1. The number of phenolic OH excluding ortho intramolecular Hbond substituents is 2. The number of aryl methyl sites for hydroxylation is 1. The van der Waals surface area contributed by atoms with Crippen LogP contribution in [0.5, 0.6) is 17.2 Å². The molecule has 0 aliphatic heterocycles. The highest BCUT2D eigenvalue weighted by molar-refractivity contribution is 5.96. The van der Waals surface area contributed by atoms with Gasteiger partial charge >= 0.3 is 0 Å². The van der Waals surface area contributed by atoms with Gasteiger partial charge in [0.2, 0.25) is 0 Å². The molecule has 146 valence electrons. The second-order valence-corrected chi connectivity index (χ2v) is 7.76. The minimum atomic E-state index is -0.287. The average molecular weight is 384 g/mol. The first-order chi connectivity index (χ1) is 14.2. The second kappa shape index (κ2) is 7.00. The van der Waals surface area contributed by atoms with Crippen molar-refractivity contribution in [1.82, 2.24) is 0 Å². The van der Waals surface area contributed by atoms with Gasteiger partial charge in [0.25, 0.3) is 0 Å². The zero-order valence-corrected chi connectivity index (χ0v) is 16.5. The monoisotopic (exact) mass is 384 g/mol. The topological polar surface area (TPSA) is 49.7 Å². The third-order valence-corrected chi connectivity index (χ3v) is 6.12. The third-order valence-electron chi connectivity index (χ3n) is 6.12. The van der Waals surface area contributed by atoms with Crippen molar-refractivity contribution in [2.45, 2.75) is 38.7 Å². The molecule has 5 rings (SSSR count). The second-order valence-electron chi connectivity index (χ2n) is 7.76. The molecule has 4 aromatic carbocycles. The molecule has 3 heteroatoms. The van der Waals surface area contributed by atoms with E-state index in [-0.39, 0.29) is 17.6 Å². The van der Waals surface area contributed by atoms with Gasteiger partial charge in [-0.15, -0.1) is 0 Å². The molecule has 0 saturated carbocycles. The van der Waals surface area contributed by atoms with Crippen LogP contribution in [0.25, 0.3) is 21.5 Å². The quantitative estimate of drug-likeness (QED) is 0.401. The Kier molecular flexibility index (Phi) is 4.31. The van der Waals surface area contributed by atoms with Crippen molar-refractivity contribution in [1.29, 1.82) is 0 Å². The Balaban J connectivity index is 1.69. The molecule has 4 aromatic rings. The molecular weight excluding hydrogens is 360 g/mol. The van der Waals surface area contributed by atoms with Gasteiger partial charge in [0, 0.05) is 27.3 Å². The Hall–Kier alpha value is -3.20. The summed E-state index contributed by atoms with van der Waals surface area (Å²) in [6, 6.07) is 20.0. The number of benzene rings is 4. The van der Waals surface area contributed by atoms with Crippen LogP contribution in [0.2, 0.25) is 0 Å². The molecule has 0 saturated heterocycles. The maximum Gasteiger partial charge on any atom is 0.131 e. The lowest BCUT2D eigenvalue weighted by molar-refractivity contribution is 0.179. The molecule has 1 atom stereocenters. The van der Waals surface area contributed by atoms with E-state index in [1.807, 2.05) is 36.4 Å². The number of aromatic hydroxyl groups is 2. The SMILES string of the molecule is CCc1ccc2ccccc2c1OC1CCCc2c1c(O)c1ccccc1c2O. The Morgan fingerprint density at radius 1 is 0.862 bits per heavy atom. The van der Waals surface area contributed by atoms with Crippen LogP contribution >= 0.6 is 0 Å². The lowest BCUT2D eigenvalue weighted by Gasteiger charge is -2.30. The first kappa shape index (κ1) is 17.9. The number of phenols is 2. The predicted molar refractivity (Wildman–Crippen MR) is 117 cm³/mol. The number of hydrogen-bond donors (Lipinski definition) is 2. The van der Waals surface area contributed by atoms with E-state index in [1.54, 1.807) is 0 Å². The van der Waals surface area contributed by atoms with Gasteiger partial charge < -0.3 is 14.9 Å². The molecular formula is C26H24O3. The van der Waals surface area contributed by atoms with E-state index in [0.29, 0.717) is 10.8 Å². The highest BCUT2D eigenvalue weighted by atomic mass is 16.5. The minimum Gasteiger partial charge on any atom is -0.507 e. The van der Waals surface area contributed by atoms with E-state index in [2.05, 4.69) is 31.2 Å². The first-order valence-electron chi connectivity index (χ1n) is 10.3. The van der Waals surface area contributed by atoms with Crippen molar-refractivity contribution >= 4 is 21.5 Å². The summed E-state index contributed by atoms with van der Waals surface area (Å²) in [7, 11) is 0. The van der Waals surface area contributed by atoms with Gasteiger partial charge in [-0.3, -0.25) is 0 Å². The lowest BCUT2D eigenvalue weighted by atomic mass is 9.85. The Morgan fingerprint density at radius 3 is 2.31 bits per heavy atom. The standard InChI is InChI=1S/C26H24O3/c1-2-16-14-15-17-8-3-4-9-18(17)26(16)29-22-13-7-12-21-23(22)25(28)20-11-6-5-10-19(20)24(21)27/h3-6,8-11,14-15,22,27-28H,2,7,12-13H2,1H3. The molecule has 1 unspecified atom stereocenters. The van der Waals surface area contributed by atoms with E-state index in [0.717, 1.165) is 58.9 Å². The van der Waals surface area contributed by atoms with Crippen LogP contribution in [0.3, 0.4) is 0 Å². The van der Waals surface area contributed by atoms with Crippen molar-refractivity contribution in [2.75, 3.05) is 0 Å². The molecule has 0 radical (unpaired) electrons. The zero-order chi connectivity index (χ0) is 20.0. The summed E-state index contributed by atoms with van der Waals surface area (Å²) < 4.78 is 6.63. The lowest BCUT2D eigenvalue weighted by Crippen LogP contribution is -2.17. The van der Waals surface area contributed by atoms with Gasteiger partial charge in [0.15, 0.2) is 0 Å². The van der Waals surface area contributed by atoms with Crippen LogP contribution in [-0.2, 0) is 12.8 Å². The Labute approximate surface area is 170 Å². The molecule has 1 aliphatic carbocycles. The van der Waals surface area contributed by atoms with Crippen LogP contribution < -0.4 is 4.74 Å². The van der Waals surface area contributed by atoms with Crippen molar-refractivity contribution < 1.29 is 14.9 Å². The van der Waals surface area contributed by atoms with Gasteiger partial charge in [-0.25, -0.2) is 0 Å². The molecule has 0 spiro atoms. The van der Waals surface area contributed by atoms with Gasteiger partial charge in [-0.1, -0.05) is 67.6 Å². The third kappa shape index (κ3) is 2.80. The minimum absolute atomic E-state index is 0.233. The summed E-state index contributed by atoms with van der Waals surface area (Å²) >= 11 is 0. The molecule has 3 nitrogen and oxygen atoms in total. The smallest absolute Gasteiger partial charge is 0.131 e. The van der Waals surface area contributed by atoms with Gasteiger partial charge in [-0.2, -0.15) is 0 Å². The van der Waals surface area contributed by atoms with Crippen LogP contribution in [0.4, 0.5) is 0 Å². The highest BCUT2D eigenvalue weighted by Gasteiger charge is 2.30. The van der Waals surface area contributed by atoms with E-state index in [9.17, 15) is 10.2 Å². The zero-order valence-electron chi connectivity index (χ0n) is 16.5. The first-order valence-corrected chi connectivity index (χ1v) is 10.3. The fraction of sp³-hybridized carbons (Fsp3) is 0.231. The van der Waals surface area contributed by atoms with Gasteiger partial charge in [-0.05, 0) is 36.6 Å². The molecule has 0 heterocycles. The number of hydrogen-bond acceptors (Lipinski definition) is 3. The summed E-state index contributed by atoms with van der Waals surface area (Å²) in [5.41, 5.74) is 2.71. The maximum atomic E-state index is 11.1. The number of ether oxygens (including phenoxy) is 1. The number of fused-ring (bicyclic) bond motifs is 3. The van der Waals surface area contributed by atoms with Crippen LogP contribution in [0.1, 0.15) is 42.6 Å². The van der Waals surface area contributed by atoms with Gasteiger partial charge in [0.05, 0.1) is 0 Å². The van der Waals surface area contributed by atoms with Gasteiger partial charge in [0.1, 0.15) is 23.4 Å². The summed E-state index contributed by atoms with van der Waals surface area (Å²) in [6.07, 6.45) is 3.05. The average Bonchev–Trinajstić information content (AvgIpc) is 2.77. The van der Waals surface area contributed by atoms with Crippen molar-refractivity contribution in [3.8, 4) is 17.2 Å². The number of rotatable bonds is 3. The van der Waals surface area contributed by atoms with Crippen molar-refractivity contribution in [3.05, 3.63) is 77.4 Å². The molecule has 0 fully saturated rings.